The van der Waals surface area contributed by atoms with Crippen LogP contribution in [0.2, 0.25) is 0 Å². The van der Waals surface area contributed by atoms with E-state index in [2.05, 4.69) is 142 Å². The average Bonchev–Trinajstić information content (AvgIpc) is 4.02. The van der Waals surface area contributed by atoms with Gasteiger partial charge in [-0.3, -0.25) is 0 Å². The van der Waals surface area contributed by atoms with Crippen LogP contribution in [0.25, 0.3) is 84.8 Å². The molecule has 8 heteroatoms. The minimum atomic E-state index is 0.239. The van der Waals surface area contributed by atoms with Gasteiger partial charge in [-0.25, -0.2) is 0 Å². The van der Waals surface area contributed by atoms with E-state index < -0.39 is 0 Å². The van der Waals surface area contributed by atoms with Crippen LogP contribution in [0.1, 0.15) is 34.3 Å². The van der Waals surface area contributed by atoms with Crippen molar-refractivity contribution >= 4 is 131 Å². The van der Waals surface area contributed by atoms with E-state index in [9.17, 15) is 0 Å². The van der Waals surface area contributed by atoms with Crippen molar-refractivity contribution in [1.82, 2.24) is 20.3 Å². The summed E-state index contributed by atoms with van der Waals surface area (Å²) in [5.74, 6) is 0.239. The smallest absolute Gasteiger partial charge is 0.0619 e. The molecule has 4 aromatic carbocycles. The fourth-order valence-corrected chi connectivity index (χ4v) is 13.9. The second kappa shape index (κ2) is 10.2. The summed E-state index contributed by atoms with van der Waals surface area (Å²) in [7, 11) is 0. The molecule has 0 saturated carbocycles. The lowest BCUT2D eigenvalue weighted by molar-refractivity contribution is 0.883. The van der Waals surface area contributed by atoms with Crippen molar-refractivity contribution in [1.29, 1.82) is 0 Å². The van der Waals surface area contributed by atoms with E-state index in [1.165, 1.54) is 82.4 Å². The standard InChI is InChI=1S/C44H26N4S4/c1-5-13-33-21(9-1)37-25-17-30-42-39(23-11-3-6-14-34(23)50-42)27(46-30)19-32-44-40(24-12-4-8-16-36(24)52-44)28(48-32)20-31-43-38(22-10-2-7-15-35(22)51-43)26(47-31)18-29(45-25)41(37)49-33/h1-20,37,41,45-48H. The molecule has 0 aliphatic carbocycles. The first-order chi connectivity index (χ1) is 25.7. The van der Waals surface area contributed by atoms with Crippen LogP contribution in [-0.4, -0.2) is 20.2 Å². The monoisotopic (exact) mass is 738 g/mol. The van der Waals surface area contributed by atoms with Gasteiger partial charge in [0.2, 0.25) is 0 Å². The summed E-state index contributed by atoms with van der Waals surface area (Å²) in [5, 5.41) is 14.3. The maximum absolute atomic E-state index is 4.00. The Morgan fingerprint density at radius 2 is 0.981 bits per heavy atom. The van der Waals surface area contributed by atoms with Crippen LogP contribution in [0.3, 0.4) is 0 Å². The largest absolute Gasteiger partial charge is 0.361 e. The van der Waals surface area contributed by atoms with Crippen LogP contribution in [0.15, 0.2) is 113 Å². The minimum absolute atomic E-state index is 0.239. The molecular formula is C44H26N4S4. The molecule has 9 heterocycles. The van der Waals surface area contributed by atoms with Crippen molar-refractivity contribution in [2.45, 2.75) is 16.1 Å². The minimum Gasteiger partial charge on any atom is -0.361 e. The number of benzene rings is 4. The van der Waals surface area contributed by atoms with Crippen molar-refractivity contribution in [3.63, 3.8) is 0 Å². The zero-order valence-corrected chi connectivity index (χ0v) is 30.6. The second-order valence-corrected chi connectivity index (χ2v) is 18.3. The topological polar surface area (TPSA) is 59.4 Å². The molecule has 4 nitrogen and oxygen atoms in total. The van der Waals surface area contributed by atoms with E-state index in [0.29, 0.717) is 0 Å². The van der Waals surface area contributed by atoms with Crippen molar-refractivity contribution in [3.05, 3.63) is 147 Å². The van der Waals surface area contributed by atoms with Gasteiger partial charge in [0.15, 0.2) is 0 Å². The Bertz CT molecular complexity index is 3390. The predicted octanol–water partition coefficient (Wildman–Crippen LogP) is 11.0. The maximum Gasteiger partial charge on any atom is 0.0619 e. The normalized spacial score (nSPS) is 17.8. The Morgan fingerprint density at radius 3 is 1.69 bits per heavy atom. The molecule has 1 saturated heterocycles. The summed E-state index contributed by atoms with van der Waals surface area (Å²) < 4.78 is 7.79. The Hall–Kier alpha value is -5.25. The molecule has 1 fully saturated rings. The Morgan fingerprint density at radius 1 is 0.442 bits per heavy atom. The summed E-state index contributed by atoms with van der Waals surface area (Å²) in [4.78, 5) is 13.2. The van der Waals surface area contributed by atoms with E-state index in [1.807, 2.05) is 45.8 Å². The van der Waals surface area contributed by atoms with Crippen LogP contribution < -0.4 is 16.0 Å². The number of aromatic nitrogens is 3. The fourth-order valence-electron chi connectivity index (χ4n) is 8.88. The Labute approximate surface area is 312 Å². The lowest BCUT2D eigenvalue weighted by Crippen LogP contribution is -2.10. The zero-order chi connectivity index (χ0) is 33.7. The molecule has 52 heavy (non-hydrogen) atoms. The first-order valence-corrected chi connectivity index (χ1v) is 20.8. The van der Waals surface area contributed by atoms with Crippen LogP contribution in [0, 0.1) is 0 Å². The fraction of sp³-hybridized carbons (Fsp3) is 0.0455. The number of hydrogen-bond acceptors (Lipinski definition) is 5. The van der Waals surface area contributed by atoms with Gasteiger partial charge >= 0.3 is 0 Å². The number of H-pyrrole nitrogens is 3. The molecule has 2 atom stereocenters. The molecule has 4 N–H and O–H groups in total. The highest BCUT2D eigenvalue weighted by Gasteiger charge is 2.43. The maximum atomic E-state index is 4.00. The summed E-state index contributed by atoms with van der Waals surface area (Å²) in [6.45, 7) is 0. The quantitative estimate of drug-likeness (QED) is 0.125. The first kappa shape index (κ1) is 28.3. The molecule has 2 unspecified atom stereocenters. The molecule has 0 amide bonds. The third kappa shape index (κ3) is 3.77. The average molecular weight is 739 g/mol. The first-order valence-electron chi connectivity index (χ1n) is 17.5. The SMILES string of the molecule is C1=C2NC(=Cc3[nH]c(c4c3sc3ccccc34)C=c3[nH]c(c4c3sc3ccccc34)=Cc3[nH]c1c1c3sc3ccccc31)C1c3ccccc3SC21. The molecule has 6 aromatic heterocycles. The second-order valence-electron chi connectivity index (χ2n) is 13.9. The van der Waals surface area contributed by atoms with Gasteiger partial charge < -0.3 is 20.3 Å². The van der Waals surface area contributed by atoms with Gasteiger partial charge in [0, 0.05) is 74.3 Å². The summed E-state index contributed by atoms with van der Waals surface area (Å²) in [5.41, 5.74) is 8.48. The number of aromatic amines is 3. The number of thiophene rings is 3. The van der Waals surface area contributed by atoms with E-state index in [-0.39, 0.29) is 11.2 Å². The number of nitrogens with one attached hydrogen (secondary N) is 4. The van der Waals surface area contributed by atoms with Gasteiger partial charge in [0.25, 0.3) is 0 Å². The Balaban J connectivity index is 1.20. The molecule has 0 radical (unpaired) electrons. The van der Waals surface area contributed by atoms with Crippen molar-refractivity contribution in [3.8, 4) is 0 Å². The zero-order valence-electron chi connectivity index (χ0n) is 27.3. The van der Waals surface area contributed by atoms with E-state index in [0.717, 1.165) is 33.5 Å². The lowest BCUT2D eigenvalue weighted by Gasteiger charge is -2.10. The van der Waals surface area contributed by atoms with Crippen LogP contribution in [0.4, 0.5) is 0 Å². The summed E-state index contributed by atoms with van der Waals surface area (Å²) >= 11 is 7.62. The molecule has 3 aliphatic rings. The lowest BCUT2D eigenvalue weighted by atomic mass is 9.94. The predicted molar refractivity (Wildman–Crippen MR) is 225 cm³/mol. The van der Waals surface area contributed by atoms with Crippen LogP contribution in [0.5, 0.6) is 0 Å². The number of allylic oxidation sites excluding steroid dienone is 1. The molecule has 10 aromatic rings. The highest BCUT2D eigenvalue weighted by Crippen LogP contribution is 2.55. The number of fused-ring (bicyclic) bond motifs is 28. The van der Waals surface area contributed by atoms with Crippen molar-refractivity contribution in [2.75, 3.05) is 0 Å². The molecule has 8 bridgehead atoms. The van der Waals surface area contributed by atoms with Crippen molar-refractivity contribution < 1.29 is 0 Å². The van der Waals surface area contributed by atoms with Gasteiger partial charge in [-0.1, -0.05) is 72.8 Å². The Kier molecular flexibility index (Phi) is 5.56. The van der Waals surface area contributed by atoms with E-state index in [1.54, 1.807) is 0 Å². The van der Waals surface area contributed by atoms with Crippen LogP contribution >= 0.6 is 45.8 Å². The van der Waals surface area contributed by atoms with E-state index >= 15 is 0 Å². The number of thioether (sulfide) groups is 1. The molecule has 3 aliphatic heterocycles. The summed E-state index contributed by atoms with van der Waals surface area (Å²) in [6.07, 6.45) is 9.52. The van der Waals surface area contributed by atoms with Gasteiger partial charge in [0.1, 0.15) is 0 Å². The summed E-state index contributed by atoms with van der Waals surface area (Å²) in [6, 6.07) is 35.5. The van der Waals surface area contributed by atoms with E-state index in [4.69, 9.17) is 0 Å². The third-order valence-electron chi connectivity index (χ3n) is 11.1. The van der Waals surface area contributed by atoms with Gasteiger partial charge in [-0.2, -0.15) is 0 Å². The number of hydrogen-bond donors (Lipinski definition) is 4. The van der Waals surface area contributed by atoms with Gasteiger partial charge in [-0.15, -0.1) is 45.8 Å². The number of rotatable bonds is 0. The highest BCUT2D eigenvalue weighted by atomic mass is 32.2. The van der Waals surface area contributed by atoms with Gasteiger partial charge in [0.05, 0.1) is 47.1 Å². The highest BCUT2D eigenvalue weighted by molar-refractivity contribution is 8.00. The molecule has 13 rings (SSSR count). The van der Waals surface area contributed by atoms with Crippen LogP contribution in [-0.2, 0) is 0 Å². The van der Waals surface area contributed by atoms with Gasteiger partial charge in [-0.05, 0) is 54.1 Å². The third-order valence-corrected chi connectivity index (χ3v) is 16.1. The molecule has 246 valence electrons. The van der Waals surface area contributed by atoms with Crippen molar-refractivity contribution in [2.24, 2.45) is 0 Å². The molecule has 0 spiro atoms. The molecular weight excluding hydrogens is 713 g/mol.